The van der Waals surface area contributed by atoms with Crippen LogP contribution in [0.2, 0.25) is 5.02 Å². The first-order valence-electron chi connectivity index (χ1n) is 5.92. The molecule has 0 radical (unpaired) electrons. The number of benzene rings is 2. The van der Waals surface area contributed by atoms with Gasteiger partial charge in [0.05, 0.1) is 7.11 Å². The van der Waals surface area contributed by atoms with Crippen LogP contribution in [0.15, 0.2) is 36.4 Å². The molecule has 2 N–H and O–H groups in total. The number of ether oxygens (including phenoxy) is 1. The molecular weight excluding hydrogens is 265 g/mol. The van der Waals surface area contributed by atoms with E-state index in [0.29, 0.717) is 10.6 Å². The summed E-state index contributed by atoms with van der Waals surface area (Å²) in [5, 5.41) is 0.564. The predicted molar refractivity (Wildman–Crippen MR) is 76.0 cm³/mol. The minimum absolute atomic E-state index is 0.0980. The van der Waals surface area contributed by atoms with E-state index in [-0.39, 0.29) is 11.8 Å². The van der Waals surface area contributed by atoms with Crippen LogP contribution in [0.25, 0.3) is 11.1 Å². The zero-order chi connectivity index (χ0) is 14.0. The Kier molecular flexibility index (Phi) is 4.08. The summed E-state index contributed by atoms with van der Waals surface area (Å²) in [6.45, 7) is 1.89. The number of hydrogen-bond donors (Lipinski definition) is 1. The van der Waals surface area contributed by atoms with Crippen molar-refractivity contribution < 1.29 is 9.13 Å². The van der Waals surface area contributed by atoms with E-state index in [1.165, 1.54) is 13.2 Å². The lowest BCUT2D eigenvalue weighted by atomic mass is 10.00. The maximum Gasteiger partial charge on any atom is 0.165 e. The lowest BCUT2D eigenvalue weighted by Crippen LogP contribution is -2.04. The molecular formula is C15H15ClFNO. The van der Waals surface area contributed by atoms with Gasteiger partial charge in [-0.1, -0.05) is 23.7 Å². The highest BCUT2D eigenvalue weighted by atomic mass is 35.5. The molecule has 0 aliphatic carbocycles. The number of rotatable bonds is 3. The monoisotopic (exact) mass is 279 g/mol. The van der Waals surface area contributed by atoms with Crippen molar-refractivity contribution in [3.8, 4) is 16.9 Å². The maximum atomic E-state index is 13.7. The quantitative estimate of drug-likeness (QED) is 0.915. The number of hydrogen-bond acceptors (Lipinski definition) is 2. The van der Waals surface area contributed by atoms with Crippen LogP contribution in [0.1, 0.15) is 18.5 Å². The third-order valence-electron chi connectivity index (χ3n) is 2.98. The minimum atomic E-state index is -0.415. The summed E-state index contributed by atoms with van der Waals surface area (Å²) in [6, 6.07) is 10.2. The fourth-order valence-corrected chi connectivity index (χ4v) is 2.11. The number of nitrogens with two attached hydrogens (primary N) is 1. The van der Waals surface area contributed by atoms with Crippen LogP contribution in [0.5, 0.6) is 5.75 Å². The van der Waals surface area contributed by atoms with Crippen LogP contribution in [-0.4, -0.2) is 7.11 Å². The second kappa shape index (κ2) is 5.59. The van der Waals surface area contributed by atoms with E-state index in [1.807, 2.05) is 19.1 Å². The first kappa shape index (κ1) is 13.8. The van der Waals surface area contributed by atoms with Gasteiger partial charge in [0.25, 0.3) is 0 Å². The van der Waals surface area contributed by atoms with Gasteiger partial charge in [0.15, 0.2) is 11.6 Å². The SMILES string of the molecule is COc1ccc(-c2cc(C(C)N)ccc2Cl)cc1F. The molecule has 1 unspecified atom stereocenters. The predicted octanol–water partition coefficient (Wildman–Crippen LogP) is 4.17. The van der Waals surface area contributed by atoms with Gasteiger partial charge in [0, 0.05) is 16.6 Å². The molecule has 0 spiro atoms. The summed E-state index contributed by atoms with van der Waals surface area (Å²) >= 11 is 6.17. The Labute approximate surface area is 117 Å². The summed E-state index contributed by atoms with van der Waals surface area (Å²) in [5.41, 5.74) is 8.27. The summed E-state index contributed by atoms with van der Waals surface area (Å²) in [4.78, 5) is 0. The number of halogens is 2. The van der Waals surface area contributed by atoms with E-state index in [4.69, 9.17) is 22.1 Å². The van der Waals surface area contributed by atoms with Crippen molar-refractivity contribution in [2.45, 2.75) is 13.0 Å². The molecule has 4 heteroatoms. The van der Waals surface area contributed by atoms with Crippen molar-refractivity contribution in [3.05, 3.63) is 52.8 Å². The highest BCUT2D eigenvalue weighted by molar-refractivity contribution is 6.33. The largest absolute Gasteiger partial charge is 0.494 e. The van der Waals surface area contributed by atoms with Crippen LogP contribution in [0.3, 0.4) is 0 Å². The highest BCUT2D eigenvalue weighted by Gasteiger charge is 2.10. The van der Waals surface area contributed by atoms with Crippen molar-refractivity contribution >= 4 is 11.6 Å². The van der Waals surface area contributed by atoms with Crippen LogP contribution in [0, 0.1) is 5.82 Å². The third-order valence-corrected chi connectivity index (χ3v) is 3.31. The van der Waals surface area contributed by atoms with Gasteiger partial charge >= 0.3 is 0 Å². The molecule has 2 nitrogen and oxygen atoms in total. The van der Waals surface area contributed by atoms with Crippen LogP contribution >= 0.6 is 11.6 Å². The Hall–Kier alpha value is -1.58. The normalized spacial score (nSPS) is 12.3. The molecule has 0 saturated carbocycles. The third kappa shape index (κ3) is 2.88. The van der Waals surface area contributed by atoms with Crippen molar-refractivity contribution in [2.75, 3.05) is 7.11 Å². The Morgan fingerprint density at radius 3 is 2.53 bits per heavy atom. The van der Waals surface area contributed by atoms with Crippen LogP contribution in [0.4, 0.5) is 4.39 Å². The lowest BCUT2D eigenvalue weighted by Gasteiger charge is -2.11. The lowest BCUT2D eigenvalue weighted by molar-refractivity contribution is 0.386. The average Bonchev–Trinajstić information content (AvgIpc) is 2.38. The molecule has 2 rings (SSSR count). The molecule has 0 fully saturated rings. The molecule has 0 aliphatic heterocycles. The molecule has 0 aliphatic rings. The molecule has 2 aromatic carbocycles. The molecule has 0 heterocycles. The van der Waals surface area contributed by atoms with E-state index in [0.717, 1.165) is 11.1 Å². The van der Waals surface area contributed by atoms with Crippen LogP contribution < -0.4 is 10.5 Å². The van der Waals surface area contributed by atoms with Gasteiger partial charge in [0.2, 0.25) is 0 Å². The summed E-state index contributed by atoms with van der Waals surface area (Å²) in [5.74, 6) is -0.203. The van der Waals surface area contributed by atoms with Gasteiger partial charge in [-0.25, -0.2) is 4.39 Å². The van der Waals surface area contributed by atoms with Crippen molar-refractivity contribution in [2.24, 2.45) is 5.73 Å². The molecule has 0 amide bonds. The van der Waals surface area contributed by atoms with Gasteiger partial charge in [-0.15, -0.1) is 0 Å². The molecule has 0 aromatic heterocycles. The first-order valence-corrected chi connectivity index (χ1v) is 6.29. The van der Waals surface area contributed by atoms with E-state index in [1.54, 1.807) is 18.2 Å². The smallest absolute Gasteiger partial charge is 0.165 e. The number of methoxy groups -OCH3 is 1. The second-order valence-electron chi connectivity index (χ2n) is 4.38. The molecule has 19 heavy (non-hydrogen) atoms. The van der Waals surface area contributed by atoms with Crippen LogP contribution in [-0.2, 0) is 0 Å². The summed E-state index contributed by atoms with van der Waals surface area (Å²) < 4.78 is 18.6. The second-order valence-corrected chi connectivity index (χ2v) is 4.78. The van der Waals surface area contributed by atoms with E-state index >= 15 is 0 Å². The zero-order valence-electron chi connectivity index (χ0n) is 10.8. The zero-order valence-corrected chi connectivity index (χ0v) is 11.5. The Balaban J connectivity index is 2.51. The minimum Gasteiger partial charge on any atom is -0.494 e. The fourth-order valence-electron chi connectivity index (χ4n) is 1.88. The van der Waals surface area contributed by atoms with Crippen molar-refractivity contribution in [1.29, 1.82) is 0 Å². The fraction of sp³-hybridized carbons (Fsp3) is 0.200. The van der Waals surface area contributed by atoms with Gasteiger partial charge in [-0.3, -0.25) is 0 Å². The highest BCUT2D eigenvalue weighted by Crippen LogP contribution is 2.32. The van der Waals surface area contributed by atoms with E-state index in [9.17, 15) is 4.39 Å². The van der Waals surface area contributed by atoms with Gasteiger partial charge in [-0.2, -0.15) is 0 Å². The summed E-state index contributed by atoms with van der Waals surface area (Å²) in [7, 11) is 1.43. The summed E-state index contributed by atoms with van der Waals surface area (Å²) in [6.07, 6.45) is 0. The molecule has 100 valence electrons. The van der Waals surface area contributed by atoms with Gasteiger partial charge < -0.3 is 10.5 Å². The molecule has 0 bridgehead atoms. The average molecular weight is 280 g/mol. The van der Waals surface area contributed by atoms with Gasteiger partial charge in [0.1, 0.15) is 0 Å². The maximum absolute atomic E-state index is 13.7. The Bertz CT molecular complexity index is 599. The van der Waals surface area contributed by atoms with E-state index in [2.05, 4.69) is 0 Å². The Morgan fingerprint density at radius 1 is 1.21 bits per heavy atom. The van der Waals surface area contributed by atoms with Crippen molar-refractivity contribution in [1.82, 2.24) is 0 Å². The molecule has 1 atom stereocenters. The van der Waals surface area contributed by atoms with E-state index < -0.39 is 5.82 Å². The Morgan fingerprint density at radius 2 is 1.95 bits per heavy atom. The first-order chi connectivity index (χ1) is 9.02. The molecule has 0 saturated heterocycles. The van der Waals surface area contributed by atoms with Crippen molar-refractivity contribution in [3.63, 3.8) is 0 Å². The van der Waals surface area contributed by atoms with Gasteiger partial charge in [-0.05, 0) is 42.3 Å². The standard InChI is InChI=1S/C15H15ClFNO/c1-9(18)10-3-5-13(16)12(7-10)11-4-6-15(19-2)14(17)8-11/h3-9H,18H2,1-2H3. The topological polar surface area (TPSA) is 35.2 Å². The molecule has 2 aromatic rings.